The van der Waals surface area contributed by atoms with E-state index in [4.69, 9.17) is 9.88 Å². The summed E-state index contributed by atoms with van der Waals surface area (Å²) in [5, 5.41) is 10.4. The van der Waals surface area contributed by atoms with Gasteiger partial charge in [-0.15, -0.1) is 0 Å². The third-order valence-electron chi connectivity index (χ3n) is 5.03. The summed E-state index contributed by atoms with van der Waals surface area (Å²) in [5.74, 6) is 0.686. The van der Waals surface area contributed by atoms with E-state index in [0.29, 0.717) is 34.5 Å². The highest BCUT2D eigenvalue weighted by molar-refractivity contribution is 7.89. The molecule has 0 aliphatic heterocycles. The summed E-state index contributed by atoms with van der Waals surface area (Å²) < 4.78 is 69.2. The third-order valence-corrected chi connectivity index (χ3v) is 5.94. The van der Waals surface area contributed by atoms with Crippen molar-refractivity contribution >= 4 is 20.9 Å². The van der Waals surface area contributed by atoms with E-state index in [9.17, 15) is 21.6 Å². The van der Waals surface area contributed by atoms with Crippen LogP contribution in [0.25, 0.3) is 16.6 Å². The lowest BCUT2D eigenvalue weighted by atomic mass is 10.1. The second-order valence-electron chi connectivity index (χ2n) is 7.15. The van der Waals surface area contributed by atoms with Crippen molar-refractivity contribution in [3.8, 4) is 11.4 Å². The lowest BCUT2D eigenvalue weighted by Gasteiger charge is -2.08. The number of halogens is 3. The minimum Gasteiger partial charge on any atom is -0.497 e. The maximum absolute atomic E-state index is 12.9. The molecule has 0 unspecified atom stereocenters. The number of primary sulfonamides is 1. The van der Waals surface area contributed by atoms with E-state index >= 15 is 0 Å². The lowest BCUT2D eigenvalue weighted by molar-refractivity contribution is -0.137. The van der Waals surface area contributed by atoms with Crippen molar-refractivity contribution in [2.75, 3.05) is 7.11 Å². The van der Waals surface area contributed by atoms with E-state index in [1.165, 1.54) is 35.0 Å². The largest absolute Gasteiger partial charge is 0.497 e. The molecular formula is C22H18F3N3O3S. The summed E-state index contributed by atoms with van der Waals surface area (Å²) in [5.41, 5.74) is 1.63. The smallest absolute Gasteiger partial charge is 0.416 e. The number of ether oxygens (including phenoxy) is 1. The van der Waals surface area contributed by atoms with E-state index in [0.717, 1.165) is 17.7 Å². The third kappa shape index (κ3) is 4.32. The molecule has 3 aromatic carbocycles. The molecule has 4 aromatic rings. The molecule has 0 fully saturated rings. The van der Waals surface area contributed by atoms with Gasteiger partial charge in [0, 0.05) is 11.8 Å². The molecule has 0 spiro atoms. The number of hydrogen-bond donors (Lipinski definition) is 1. The van der Waals surface area contributed by atoms with Crippen molar-refractivity contribution in [2.24, 2.45) is 5.14 Å². The van der Waals surface area contributed by atoms with E-state index < -0.39 is 21.8 Å². The van der Waals surface area contributed by atoms with Crippen LogP contribution in [0.4, 0.5) is 13.2 Å². The number of fused-ring (bicyclic) bond motifs is 1. The van der Waals surface area contributed by atoms with Crippen molar-refractivity contribution in [3.05, 3.63) is 83.6 Å². The molecule has 166 valence electrons. The Balaban J connectivity index is 1.84. The second-order valence-corrected chi connectivity index (χ2v) is 8.71. The van der Waals surface area contributed by atoms with Gasteiger partial charge in [0.25, 0.3) is 0 Å². The minimum atomic E-state index is -4.45. The Kier molecular flexibility index (Phi) is 5.43. The molecule has 0 saturated heterocycles. The number of nitrogens with two attached hydrogens (primary N) is 1. The predicted molar refractivity (Wildman–Crippen MR) is 113 cm³/mol. The maximum atomic E-state index is 12.9. The maximum Gasteiger partial charge on any atom is 0.416 e. The van der Waals surface area contributed by atoms with Gasteiger partial charge in [-0.25, -0.2) is 18.2 Å². The second kappa shape index (κ2) is 7.95. The van der Waals surface area contributed by atoms with Gasteiger partial charge in [-0.05, 0) is 60.2 Å². The SMILES string of the molecule is COc1ccc(Cc2nn(-c3ccc(C(F)(F)F)cc3)c3ccc(S(N)(=O)=O)cc23)cc1. The highest BCUT2D eigenvalue weighted by atomic mass is 32.2. The van der Waals surface area contributed by atoms with Crippen LogP contribution in [-0.2, 0) is 22.6 Å². The average molecular weight is 461 g/mol. The van der Waals surface area contributed by atoms with Crippen LogP contribution in [0, 0.1) is 0 Å². The van der Waals surface area contributed by atoms with Crippen molar-refractivity contribution < 1.29 is 26.3 Å². The van der Waals surface area contributed by atoms with Crippen LogP contribution < -0.4 is 9.88 Å². The Labute approximate surface area is 182 Å². The number of alkyl halides is 3. The fourth-order valence-corrected chi connectivity index (χ4v) is 3.93. The Morgan fingerprint density at radius 1 is 1.00 bits per heavy atom. The number of hydrogen-bond acceptors (Lipinski definition) is 4. The molecule has 0 amide bonds. The molecule has 0 saturated carbocycles. The zero-order valence-electron chi connectivity index (χ0n) is 16.8. The first-order chi connectivity index (χ1) is 15.1. The molecule has 0 bridgehead atoms. The Bertz CT molecular complexity index is 1380. The lowest BCUT2D eigenvalue weighted by Crippen LogP contribution is -2.11. The first-order valence-electron chi connectivity index (χ1n) is 9.41. The van der Waals surface area contributed by atoms with E-state index in [-0.39, 0.29) is 4.90 Å². The molecule has 1 heterocycles. The Hall–Kier alpha value is -3.37. The molecule has 0 aliphatic rings. The van der Waals surface area contributed by atoms with Crippen LogP contribution in [0.15, 0.2) is 71.6 Å². The monoisotopic (exact) mass is 461 g/mol. The summed E-state index contributed by atoms with van der Waals surface area (Å²) in [6, 6.07) is 16.2. The van der Waals surface area contributed by atoms with Crippen molar-refractivity contribution in [2.45, 2.75) is 17.5 Å². The topological polar surface area (TPSA) is 87.2 Å². The standard InChI is InChI=1S/C22H18F3N3O3S/c1-31-17-8-2-14(3-9-17)12-20-19-13-18(32(26,29)30)10-11-21(19)28(27-20)16-6-4-15(5-7-16)22(23,24)25/h2-11,13H,12H2,1H3,(H2,26,29,30). The van der Waals surface area contributed by atoms with Gasteiger partial charge in [0.15, 0.2) is 0 Å². The summed E-state index contributed by atoms with van der Waals surface area (Å²) in [6.45, 7) is 0. The number of benzene rings is 3. The zero-order valence-corrected chi connectivity index (χ0v) is 17.6. The molecule has 0 aliphatic carbocycles. The summed E-state index contributed by atoms with van der Waals surface area (Å²) >= 11 is 0. The number of rotatable bonds is 5. The normalized spacial score (nSPS) is 12.3. The van der Waals surface area contributed by atoms with Crippen molar-refractivity contribution in [1.82, 2.24) is 9.78 Å². The predicted octanol–water partition coefficient (Wildman–Crippen LogP) is 4.29. The summed E-state index contributed by atoms with van der Waals surface area (Å²) in [6.07, 6.45) is -4.09. The Morgan fingerprint density at radius 2 is 1.66 bits per heavy atom. The number of nitrogens with zero attached hydrogens (tertiary/aromatic N) is 2. The molecule has 0 atom stereocenters. The van der Waals surface area contributed by atoms with Crippen molar-refractivity contribution in [1.29, 1.82) is 0 Å². The molecule has 32 heavy (non-hydrogen) atoms. The van der Waals surface area contributed by atoms with Crippen LogP contribution in [0.3, 0.4) is 0 Å². The van der Waals surface area contributed by atoms with Gasteiger partial charge in [-0.1, -0.05) is 12.1 Å². The summed E-state index contributed by atoms with van der Waals surface area (Å²) in [4.78, 5) is -0.0760. The van der Waals surface area contributed by atoms with Gasteiger partial charge in [0.1, 0.15) is 5.75 Å². The van der Waals surface area contributed by atoms with Gasteiger partial charge in [-0.3, -0.25) is 0 Å². The van der Waals surface area contributed by atoms with Crippen LogP contribution in [-0.4, -0.2) is 25.3 Å². The van der Waals surface area contributed by atoms with Crippen LogP contribution in [0.5, 0.6) is 5.75 Å². The average Bonchev–Trinajstić information content (AvgIpc) is 3.11. The quantitative estimate of drug-likeness (QED) is 0.480. The fraction of sp³-hybridized carbons (Fsp3) is 0.136. The van der Waals surface area contributed by atoms with Gasteiger partial charge in [-0.2, -0.15) is 18.3 Å². The highest BCUT2D eigenvalue weighted by Crippen LogP contribution is 2.31. The minimum absolute atomic E-state index is 0.0760. The van der Waals surface area contributed by atoms with Crippen LogP contribution >= 0.6 is 0 Å². The van der Waals surface area contributed by atoms with Gasteiger partial charge in [0.05, 0.1) is 34.5 Å². The van der Waals surface area contributed by atoms with Gasteiger partial charge >= 0.3 is 6.18 Å². The molecule has 4 rings (SSSR count). The Morgan fingerprint density at radius 3 is 2.22 bits per heavy atom. The molecule has 1 aromatic heterocycles. The van der Waals surface area contributed by atoms with Gasteiger partial charge < -0.3 is 4.74 Å². The van der Waals surface area contributed by atoms with E-state index in [2.05, 4.69) is 5.10 Å². The van der Waals surface area contributed by atoms with Crippen LogP contribution in [0.2, 0.25) is 0 Å². The molecule has 6 nitrogen and oxygen atoms in total. The number of aromatic nitrogens is 2. The first kappa shape index (κ1) is 21.8. The van der Waals surface area contributed by atoms with Gasteiger partial charge in [0.2, 0.25) is 10.0 Å². The number of methoxy groups -OCH3 is 1. The fourth-order valence-electron chi connectivity index (χ4n) is 3.39. The van der Waals surface area contributed by atoms with E-state index in [1.54, 1.807) is 19.2 Å². The van der Waals surface area contributed by atoms with E-state index in [1.807, 2.05) is 12.1 Å². The summed E-state index contributed by atoms with van der Waals surface area (Å²) in [7, 11) is -2.39. The van der Waals surface area contributed by atoms with Crippen molar-refractivity contribution in [3.63, 3.8) is 0 Å². The molecule has 10 heteroatoms. The first-order valence-corrected chi connectivity index (χ1v) is 11.0. The molecule has 0 radical (unpaired) electrons. The molecular weight excluding hydrogens is 443 g/mol. The number of sulfonamides is 1. The molecule has 2 N–H and O–H groups in total. The zero-order chi connectivity index (χ0) is 23.1. The highest BCUT2D eigenvalue weighted by Gasteiger charge is 2.30. The van der Waals surface area contributed by atoms with Crippen LogP contribution in [0.1, 0.15) is 16.8 Å².